The van der Waals surface area contributed by atoms with Crippen molar-refractivity contribution in [2.24, 2.45) is 0 Å². The van der Waals surface area contributed by atoms with E-state index in [1.165, 1.54) is 0 Å². The van der Waals surface area contributed by atoms with Crippen molar-refractivity contribution in [2.45, 2.75) is 18.2 Å². The normalized spacial score (nSPS) is 28.9. The standard InChI is InChI=1S/C15H19NO5/c1-11(17-5-10-4-16-10)2-13(19-7-15-9-21-15)3-12(1)18-6-14-8-20-14/h1-3,10,14-16H,4-9H2. The summed E-state index contributed by atoms with van der Waals surface area (Å²) in [6.07, 6.45) is 0.462. The van der Waals surface area contributed by atoms with E-state index in [-0.39, 0.29) is 12.2 Å². The molecule has 21 heavy (non-hydrogen) atoms. The maximum Gasteiger partial charge on any atom is 0.126 e. The summed E-state index contributed by atoms with van der Waals surface area (Å²) in [6.45, 7) is 4.40. The molecular formula is C15H19NO5. The number of hydrogen-bond acceptors (Lipinski definition) is 6. The highest BCUT2D eigenvalue weighted by Gasteiger charge is 2.25. The average Bonchev–Trinajstić information content (AvgIpc) is 3.38. The summed E-state index contributed by atoms with van der Waals surface area (Å²) in [4.78, 5) is 0. The van der Waals surface area contributed by atoms with Gasteiger partial charge in [0.2, 0.25) is 0 Å². The topological polar surface area (TPSA) is 74.7 Å². The van der Waals surface area contributed by atoms with Crippen molar-refractivity contribution in [2.75, 3.05) is 39.6 Å². The van der Waals surface area contributed by atoms with Crippen molar-refractivity contribution in [1.29, 1.82) is 0 Å². The van der Waals surface area contributed by atoms with Crippen LogP contribution in [0.15, 0.2) is 18.2 Å². The van der Waals surface area contributed by atoms with E-state index in [4.69, 9.17) is 23.7 Å². The van der Waals surface area contributed by atoms with Crippen LogP contribution in [0.25, 0.3) is 0 Å². The van der Waals surface area contributed by atoms with E-state index in [1.807, 2.05) is 18.2 Å². The van der Waals surface area contributed by atoms with Gasteiger partial charge in [0.1, 0.15) is 49.3 Å². The number of epoxide rings is 2. The molecule has 1 aromatic rings. The molecule has 0 saturated carbocycles. The molecule has 1 N–H and O–H groups in total. The molecule has 0 aromatic heterocycles. The molecule has 0 spiro atoms. The summed E-state index contributed by atoms with van der Waals surface area (Å²) in [6, 6.07) is 6.14. The van der Waals surface area contributed by atoms with E-state index < -0.39 is 0 Å². The molecule has 0 bridgehead atoms. The fourth-order valence-electron chi connectivity index (χ4n) is 1.90. The minimum atomic E-state index is 0.231. The highest BCUT2D eigenvalue weighted by atomic mass is 16.6. The Balaban J connectivity index is 1.40. The lowest BCUT2D eigenvalue weighted by Crippen LogP contribution is -2.09. The molecule has 6 heteroatoms. The van der Waals surface area contributed by atoms with Gasteiger partial charge in [-0.3, -0.25) is 0 Å². The predicted molar refractivity (Wildman–Crippen MR) is 74.2 cm³/mol. The molecule has 3 heterocycles. The first kappa shape index (κ1) is 13.2. The lowest BCUT2D eigenvalue weighted by Gasteiger charge is -2.12. The quantitative estimate of drug-likeness (QED) is 0.672. The van der Waals surface area contributed by atoms with Crippen LogP contribution < -0.4 is 19.5 Å². The molecule has 3 aliphatic rings. The maximum absolute atomic E-state index is 5.77. The van der Waals surface area contributed by atoms with Crippen molar-refractivity contribution in [3.63, 3.8) is 0 Å². The second-order valence-electron chi connectivity index (χ2n) is 5.59. The summed E-state index contributed by atoms with van der Waals surface area (Å²) in [5.41, 5.74) is 0. The van der Waals surface area contributed by atoms with Crippen LogP contribution in [0.5, 0.6) is 17.2 Å². The van der Waals surface area contributed by atoms with Gasteiger partial charge in [-0.05, 0) is 0 Å². The van der Waals surface area contributed by atoms with Gasteiger partial charge >= 0.3 is 0 Å². The van der Waals surface area contributed by atoms with Gasteiger partial charge < -0.3 is 29.0 Å². The number of benzene rings is 1. The molecule has 3 saturated heterocycles. The Kier molecular flexibility index (Phi) is 3.58. The molecule has 114 valence electrons. The number of ether oxygens (including phenoxy) is 5. The van der Waals surface area contributed by atoms with Crippen molar-refractivity contribution >= 4 is 0 Å². The number of rotatable bonds is 9. The molecule has 0 amide bonds. The smallest absolute Gasteiger partial charge is 0.126 e. The molecule has 6 nitrogen and oxygen atoms in total. The van der Waals surface area contributed by atoms with Gasteiger partial charge in [0.15, 0.2) is 0 Å². The molecule has 3 aliphatic heterocycles. The molecule has 4 rings (SSSR count). The Labute approximate surface area is 123 Å². The molecule has 3 fully saturated rings. The summed E-state index contributed by atoms with van der Waals surface area (Å²) in [5, 5.41) is 3.21. The number of hydrogen-bond donors (Lipinski definition) is 1. The summed E-state index contributed by atoms with van der Waals surface area (Å²) < 4.78 is 27.5. The van der Waals surface area contributed by atoms with Gasteiger partial charge in [-0.1, -0.05) is 0 Å². The predicted octanol–water partition coefficient (Wildman–Crippen LogP) is 0.592. The fourth-order valence-corrected chi connectivity index (χ4v) is 1.90. The van der Waals surface area contributed by atoms with E-state index in [1.54, 1.807) is 0 Å². The highest BCUT2D eigenvalue weighted by molar-refractivity contribution is 5.42. The Morgan fingerprint density at radius 1 is 0.857 bits per heavy atom. The van der Waals surface area contributed by atoms with Gasteiger partial charge in [-0.25, -0.2) is 0 Å². The van der Waals surface area contributed by atoms with Gasteiger partial charge in [-0.15, -0.1) is 0 Å². The third-order valence-corrected chi connectivity index (χ3v) is 3.47. The largest absolute Gasteiger partial charge is 0.492 e. The Bertz CT molecular complexity index is 413. The summed E-state index contributed by atoms with van der Waals surface area (Å²) >= 11 is 0. The van der Waals surface area contributed by atoms with Gasteiger partial charge in [0.05, 0.1) is 19.3 Å². The lowest BCUT2D eigenvalue weighted by molar-refractivity contribution is 0.248. The maximum atomic E-state index is 5.77. The SMILES string of the molecule is c1c(OCC2CN2)cc(OCC2CO2)cc1OCC1CO1. The first-order valence-corrected chi connectivity index (χ1v) is 7.35. The Morgan fingerprint density at radius 2 is 1.29 bits per heavy atom. The van der Waals surface area contributed by atoms with Crippen LogP contribution >= 0.6 is 0 Å². The zero-order valence-corrected chi connectivity index (χ0v) is 11.7. The molecule has 3 atom stereocenters. The molecule has 3 unspecified atom stereocenters. The molecule has 0 aliphatic carbocycles. The van der Waals surface area contributed by atoms with Crippen molar-refractivity contribution in [1.82, 2.24) is 5.32 Å². The van der Waals surface area contributed by atoms with Crippen LogP contribution in [0.3, 0.4) is 0 Å². The first-order chi connectivity index (χ1) is 10.3. The Hall–Kier alpha value is -1.50. The lowest BCUT2D eigenvalue weighted by atomic mass is 10.3. The van der Waals surface area contributed by atoms with Crippen LogP contribution in [0.1, 0.15) is 0 Å². The van der Waals surface area contributed by atoms with Crippen molar-refractivity contribution < 1.29 is 23.7 Å². The van der Waals surface area contributed by atoms with Crippen LogP contribution in [-0.4, -0.2) is 57.8 Å². The molecular weight excluding hydrogens is 274 g/mol. The van der Waals surface area contributed by atoms with Crippen LogP contribution in [-0.2, 0) is 9.47 Å². The van der Waals surface area contributed by atoms with Crippen LogP contribution in [0.2, 0.25) is 0 Å². The average molecular weight is 293 g/mol. The van der Waals surface area contributed by atoms with Crippen LogP contribution in [0.4, 0.5) is 0 Å². The zero-order valence-electron chi connectivity index (χ0n) is 11.7. The molecule has 0 radical (unpaired) electrons. The van der Waals surface area contributed by atoms with Crippen molar-refractivity contribution in [3.8, 4) is 17.2 Å². The zero-order chi connectivity index (χ0) is 14.1. The number of nitrogens with one attached hydrogen (secondary N) is 1. The minimum Gasteiger partial charge on any atom is -0.492 e. The second-order valence-corrected chi connectivity index (χ2v) is 5.59. The Morgan fingerprint density at radius 3 is 1.67 bits per heavy atom. The van der Waals surface area contributed by atoms with E-state index in [2.05, 4.69) is 5.32 Å². The van der Waals surface area contributed by atoms with E-state index >= 15 is 0 Å². The van der Waals surface area contributed by atoms with E-state index in [0.29, 0.717) is 25.9 Å². The van der Waals surface area contributed by atoms with Gasteiger partial charge in [0, 0.05) is 24.7 Å². The minimum absolute atomic E-state index is 0.231. The summed E-state index contributed by atoms with van der Waals surface area (Å²) in [7, 11) is 0. The van der Waals surface area contributed by atoms with E-state index in [0.717, 1.165) is 37.0 Å². The fraction of sp³-hybridized carbons (Fsp3) is 0.600. The second kappa shape index (κ2) is 5.71. The van der Waals surface area contributed by atoms with Crippen LogP contribution in [0, 0.1) is 0 Å². The first-order valence-electron chi connectivity index (χ1n) is 7.35. The monoisotopic (exact) mass is 293 g/mol. The van der Waals surface area contributed by atoms with Gasteiger partial charge in [-0.2, -0.15) is 0 Å². The molecule has 1 aromatic carbocycles. The summed E-state index contributed by atoms with van der Waals surface area (Å²) in [5.74, 6) is 2.27. The third kappa shape index (κ3) is 4.23. The highest BCUT2D eigenvalue weighted by Crippen LogP contribution is 2.29. The van der Waals surface area contributed by atoms with Crippen molar-refractivity contribution in [3.05, 3.63) is 18.2 Å². The van der Waals surface area contributed by atoms with Gasteiger partial charge in [0.25, 0.3) is 0 Å². The van der Waals surface area contributed by atoms with E-state index in [9.17, 15) is 0 Å². The third-order valence-electron chi connectivity index (χ3n) is 3.47.